The van der Waals surface area contributed by atoms with Gasteiger partial charge in [-0.3, -0.25) is 19.3 Å². The van der Waals surface area contributed by atoms with Crippen molar-refractivity contribution >= 4 is 17.7 Å². The smallest absolute Gasteiger partial charge is 0.242 e. The van der Waals surface area contributed by atoms with E-state index in [1.807, 2.05) is 37.3 Å². The van der Waals surface area contributed by atoms with E-state index in [0.29, 0.717) is 13.1 Å². The molecule has 0 N–H and O–H groups in total. The number of amides is 3. The summed E-state index contributed by atoms with van der Waals surface area (Å²) in [5, 5.41) is 0. The van der Waals surface area contributed by atoms with E-state index in [2.05, 4.69) is 0 Å². The van der Waals surface area contributed by atoms with Crippen LogP contribution in [0.3, 0.4) is 0 Å². The first-order valence-electron chi connectivity index (χ1n) is 9.28. The van der Waals surface area contributed by atoms with Crippen molar-refractivity contribution in [3.63, 3.8) is 0 Å². The highest BCUT2D eigenvalue weighted by Gasteiger charge is 2.48. The highest BCUT2D eigenvalue weighted by Crippen LogP contribution is 2.37. The summed E-state index contributed by atoms with van der Waals surface area (Å²) >= 11 is 0. The van der Waals surface area contributed by atoms with Crippen LogP contribution in [0.25, 0.3) is 0 Å². The van der Waals surface area contributed by atoms with E-state index >= 15 is 0 Å². The summed E-state index contributed by atoms with van der Waals surface area (Å²) in [5.41, 5.74) is 1.17. The van der Waals surface area contributed by atoms with E-state index < -0.39 is 0 Å². The molecule has 5 heteroatoms. The topological polar surface area (TPSA) is 57.7 Å². The fourth-order valence-electron chi connectivity index (χ4n) is 3.99. The molecule has 1 aliphatic heterocycles. The summed E-state index contributed by atoms with van der Waals surface area (Å²) in [6.07, 6.45) is 4.34. The van der Waals surface area contributed by atoms with Crippen LogP contribution in [-0.4, -0.2) is 47.2 Å². The number of carbonyl (C=O) groups excluding carboxylic acids is 3. The molecular formula is C20H26N2O3. The molecule has 2 atom stereocenters. The summed E-state index contributed by atoms with van der Waals surface area (Å²) in [4.78, 5) is 40.6. The SMILES string of the molecule is CCN(CCc1ccccc1)C(=O)CN1C(=O)C2CCCCC2C1=O. The third kappa shape index (κ3) is 3.75. The second kappa shape index (κ2) is 7.81. The number of hydrogen-bond donors (Lipinski definition) is 0. The summed E-state index contributed by atoms with van der Waals surface area (Å²) in [6.45, 7) is 3.00. The number of imide groups is 1. The van der Waals surface area contributed by atoms with Crippen LogP contribution < -0.4 is 0 Å². The Hall–Kier alpha value is -2.17. The summed E-state index contributed by atoms with van der Waals surface area (Å²) in [7, 11) is 0. The highest BCUT2D eigenvalue weighted by molar-refractivity contribution is 6.07. The molecule has 134 valence electrons. The Morgan fingerprint density at radius 2 is 1.68 bits per heavy atom. The molecule has 2 fully saturated rings. The number of fused-ring (bicyclic) bond motifs is 1. The van der Waals surface area contributed by atoms with E-state index in [4.69, 9.17) is 0 Å². The van der Waals surface area contributed by atoms with Crippen LogP contribution in [0.5, 0.6) is 0 Å². The van der Waals surface area contributed by atoms with E-state index in [0.717, 1.165) is 32.1 Å². The molecule has 0 aromatic heterocycles. The van der Waals surface area contributed by atoms with Gasteiger partial charge < -0.3 is 4.90 Å². The van der Waals surface area contributed by atoms with Crippen LogP contribution in [0.2, 0.25) is 0 Å². The van der Waals surface area contributed by atoms with Crippen molar-refractivity contribution in [3.8, 4) is 0 Å². The number of hydrogen-bond acceptors (Lipinski definition) is 3. The maximum absolute atomic E-state index is 12.6. The van der Waals surface area contributed by atoms with E-state index in [9.17, 15) is 14.4 Å². The lowest BCUT2D eigenvalue weighted by Crippen LogP contribution is -2.43. The quantitative estimate of drug-likeness (QED) is 0.745. The summed E-state index contributed by atoms with van der Waals surface area (Å²) < 4.78 is 0. The molecule has 2 unspecified atom stereocenters. The Kier molecular flexibility index (Phi) is 5.51. The van der Waals surface area contributed by atoms with Crippen molar-refractivity contribution in [2.45, 2.75) is 39.0 Å². The Morgan fingerprint density at radius 3 is 2.24 bits per heavy atom. The molecule has 2 aliphatic rings. The maximum atomic E-state index is 12.6. The molecule has 1 saturated carbocycles. The van der Waals surface area contributed by atoms with Crippen LogP contribution in [0.15, 0.2) is 30.3 Å². The number of likely N-dealkylation sites (tertiary alicyclic amines) is 1. The van der Waals surface area contributed by atoms with Gasteiger partial charge in [0, 0.05) is 13.1 Å². The molecule has 1 saturated heterocycles. The van der Waals surface area contributed by atoms with Crippen LogP contribution >= 0.6 is 0 Å². The molecule has 1 aliphatic carbocycles. The molecule has 1 heterocycles. The molecule has 3 amide bonds. The highest BCUT2D eigenvalue weighted by atomic mass is 16.2. The van der Waals surface area contributed by atoms with Gasteiger partial charge in [-0.1, -0.05) is 43.2 Å². The van der Waals surface area contributed by atoms with Crippen molar-refractivity contribution in [1.82, 2.24) is 9.80 Å². The van der Waals surface area contributed by atoms with Gasteiger partial charge in [0.05, 0.1) is 11.8 Å². The van der Waals surface area contributed by atoms with Gasteiger partial charge in [-0.05, 0) is 31.7 Å². The minimum atomic E-state index is -0.187. The Morgan fingerprint density at radius 1 is 1.08 bits per heavy atom. The van der Waals surface area contributed by atoms with Gasteiger partial charge in [-0.25, -0.2) is 0 Å². The predicted molar refractivity (Wildman–Crippen MR) is 94.6 cm³/mol. The Labute approximate surface area is 149 Å². The van der Waals surface area contributed by atoms with Crippen molar-refractivity contribution < 1.29 is 14.4 Å². The number of rotatable bonds is 6. The van der Waals surface area contributed by atoms with Gasteiger partial charge in [-0.2, -0.15) is 0 Å². The van der Waals surface area contributed by atoms with Gasteiger partial charge in [0.2, 0.25) is 17.7 Å². The van der Waals surface area contributed by atoms with Crippen molar-refractivity contribution in [2.24, 2.45) is 11.8 Å². The van der Waals surface area contributed by atoms with Crippen LogP contribution in [0, 0.1) is 11.8 Å². The average molecular weight is 342 g/mol. The van der Waals surface area contributed by atoms with Gasteiger partial charge in [0.15, 0.2) is 0 Å². The predicted octanol–water partition coefficient (Wildman–Crippen LogP) is 2.25. The number of carbonyl (C=O) groups is 3. The maximum Gasteiger partial charge on any atom is 0.242 e. The lowest BCUT2D eigenvalue weighted by Gasteiger charge is -2.23. The van der Waals surface area contributed by atoms with Crippen molar-refractivity contribution in [3.05, 3.63) is 35.9 Å². The summed E-state index contributed by atoms with van der Waals surface area (Å²) in [6, 6.07) is 10.0. The standard InChI is InChI=1S/C20H26N2O3/c1-2-21(13-12-15-8-4-3-5-9-15)18(23)14-22-19(24)16-10-6-7-11-17(16)20(22)25/h3-5,8-9,16-17H,2,6-7,10-14H2,1H3. The van der Waals surface area contributed by atoms with Crippen LogP contribution in [0.1, 0.15) is 38.2 Å². The molecule has 0 bridgehead atoms. The Bertz CT molecular complexity index is 620. The fourth-order valence-corrected chi connectivity index (χ4v) is 3.99. The third-order valence-electron chi connectivity index (χ3n) is 5.47. The molecule has 1 aromatic carbocycles. The first kappa shape index (κ1) is 17.6. The van der Waals surface area contributed by atoms with Crippen LogP contribution in [-0.2, 0) is 20.8 Å². The van der Waals surface area contributed by atoms with Gasteiger partial charge >= 0.3 is 0 Å². The minimum absolute atomic E-state index is 0.104. The molecule has 0 radical (unpaired) electrons. The van der Waals surface area contributed by atoms with E-state index in [-0.39, 0.29) is 36.1 Å². The minimum Gasteiger partial charge on any atom is -0.341 e. The number of likely N-dealkylation sites (N-methyl/N-ethyl adjacent to an activating group) is 1. The van der Waals surface area contributed by atoms with Crippen molar-refractivity contribution in [2.75, 3.05) is 19.6 Å². The zero-order valence-corrected chi connectivity index (χ0v) is 14.8. The van der Waals surface area contributed by atoms with Gasteiger partial charge in [0.1, 0.15) is 6.54 Å². The molecule has 5 nitrogen and oxygen atoms in total. The fraction of sp³-hybridized carbons (Fsp3) is 0.550. The molecule has 1 aromatic rings. The zero-order chi connectivity index (χ0) is 17.8. The molecule has 25 heavy (non-hydrogen) atoms. The zero-order valence-electron chi connectivity index (χ0n) is 14.8. The van der Waals surface area contributed by atoms with Crippen molar-refractivity contribution in [1.29, 1.82) is 0 Å². The normalized spacial score (nSPS) is 22.8. The Balaban J connectivity index is 1.60. The largest absolute Gasteiger partial charge is 0.341 e. The number of benzene rings is 1. The van der Waals surface area contributed by atoms with E-state index in [1.165, 1.54) is 10.5 Å². The monoisotopic (exact) mass is 342 g/mol. The second-order valence-corrected chi connectivity index (χ2v) is 6.97. The number of nitrogens with zero attached hydrogens (tertiary/aromatic N) is 2. The molecule has 3 rings (SSSR count). The summed E-state index contributed by atoms with van der Waals surface area (Å²) in [5.74, 6) is -0.787. The second-order valence-electron chi connectivity index (χ2n) is 6.97. The lowest BCUT2D eigenvalue weighted by atomic mass is 9.81. The van der Waals surface area contributed by atoms with Gasteiger partial charge in [0.25, 0.3) is 0 Å². The first-order chi connectivity index (χ1) is 12.1. The molecular weight excluding hydrogens is 316 g/mol. The lowest BCUT2D eigenvalue weighted by molar-refractivity contribution is -0.146. The van der Waals surface area contributed by atoms with Crippen LogP contribution in [0.4, 0.5) is 0 Å². The first-order valence-corrected chi connectivity index (χ1v) is 9.28. The average Bonchev–Trinajstić information content (AvgIpc) is 2.88. The molecule has 0 spiro atoms. The van der Waals surface area contributed by atoms with E-state index in [1.54, 1.807) is 4.90 Å². The van der Waals surface area contributed by atoms with Gasteiger partial charge in [-0.15, -0.1) is 0 Å². The third-order valence-corrected chi connectivity index (χ3v) is 5.47.